The summed E-state index contributed by atoms with van der Waals surface area (Å²) in [6, 6.07) is 9.84. The summed E-state index contributed by atoms with van der Waals surface area (Å²) in [5.74, 6) is -0.129. The first-order valence-electron chi connectivity index (χ1n) is 8.51. The molecular weight excluding hydrogens is 292 g/mol. The molecule has 2 fully saturated rings. The first kappa shape index (κ1) is 16.5. The average molecular weight is 318 g/mol. The molecule has 4 nitrogen and oxygen atoms in total. The lowest BCUT2D eigenvalue weighted by atomic mass is 9.96. The summed E-state index contributed by atoms with van der Waals surface area (Å²) in [5, 5.41) is 0. The normalized spacial score (nSPS) is 28.9. The van der Waals surface area contributed by atoms with E-state index in [4.69, 9.17) is 14.2 Å². The van der Waals surface area contributed by atoms with Crippen LogP contribution in [0.25, 0.3) is 0 Å². The first-order valence-corrected chi connectivity index (χ1v) is 8.51. The van der Waals surface area contributed by atoms with Crippen LogP contribution in [0, 0.1) is 11.3 Å². The third-order valence-electron chi connectivity index (χ3n) is 4.53. The molecule has 1 heterocycles. The number of carbonyl (C=O) groups excluding carboxylic acids is 1. The Morgan fingerprint density at radius 1 is 1.09 bits per heavy atom. The van der Waals surface area contributed by atoms with Crippen molar-refractivity contribution in [3.63, 3.8) is 0 Å². The minimum Gasteiger partial charge on any atom is -0.432 e. The molecule has 1 aliphatic heterocycles. The van der Waals surface area contributed by atoms with Crippen LogP contribution in [0.4, 0.5) is 0 Å². The Morgan fingerprint density at radius 2 is 1.74 bits per heavy atom. The molecular formula is C19H26O4. The molecule has 23 heavy (non-hydrogen) atoms. The van der Waals surface area contributed by atoms with Crippen molar-refractivity contribution in [2.45, 2.75) is 65.1 Å². The maximum atomic E-state index is 12.4. The minimum atomic E-state index is -0.672. The minimum absolute atomic E-state index is 0.0173. The van der Waals surface area contributed by atoms with Gasteiger partial charge in [-0.1, -0.05) is 63.9 Å². The molecule has 126 valence electrons. The van der Waals surface area contributed by atoms with Crippen molar-refractivity contribution in [3.05, 3.63) is 35.9 Å². The molecule has 1 saturated heterocycles. The highest BCUT2D eigenvalue weighted by atomic mass is 16.8. The lowest BCUT2D eigenvalue weighted by Crippen LogP contribution is -2.29. The number of hydrogen-bond donors (Lipinski definition) is 0. The molecule has 1 aromatic carbocycles. The lowest BCUT2D eigenvalue weighted by Gasteiger charge is -2.25. The van der Waals surface area contributed by atoms with Crippen molar-refractivity contribution in [2.75, 3.05) is 0 Å². The van der Waals surface area contributed by atoms with Gasteiger partial charge in [-0.2, -0.15) is 0 Å². The summed E-state index contributed by atoms with van der Waals surface area (Å²) < 4.78 is 17.7. The Hall–Kier alpha value is -1.39. The van der Waals surface area contributed by atoms with Gasteiger partial charge in [0.25, 0.3) is 0 Å². The van der Waals surface area contributed by atoms with Crippen LogP contribution < -0.4 is 0 Å². The summed E-state index contributed by atoms with van der Waals surface area (Å²) in [6.07, 6.45) is 2.62. The van der Waals surface area contributed by atoms with Crippen LogP contribution in [0.1, 0.15) is 58.1 Å². The van der Waals surface area contributed by atoms with Crippen LogP contribution in [0.3, 0.4) is 0 Å². The zero-order valence-electron chi connectivity index (χ0n) is 14.2. The zero-order chi connectivity index (χ0) is 16.4. The predicted octanol–water partition coefficient (Wildman–Crippen LogP) is 4.21. The van der Waals surface area contributed by atoms with Gasteiger partial charge < -0.3 is 14.2 Å². The molecule has 4 heteroatoms. The maximum absolute atomic E-state index is 12.4. The maximum Gasteiger partial charge on any atom is 0.311 e. The van der Waals surface area contributed by atoms with Crippen molar-refractivity contribution < 1.29 is 19.0 Å². The number of hydrogen-bond acceptors (Lipinski definition) is 4. The Kier molecular flexibility index (Phi) is 4.74. The highest BCUT2D eigenvalue weighted by molar-refractivity contribution is 5.72. The van der Waals surface area contributed by atoms with Gasteiger partial charge in [-0.15, -0.1) is 0 Å². The van der Waals surface area contributed by atoms with Gasteiger partial charge in [0.15, 0.2) is 6.29 Å². The molecule has 3 rings (SSSR count). The van der Waals surface area contributed by atoms with E-state index in [0.29, 0.717) is 0 Å². The molecule has 1 aromatic rings. The standard InChI is InChI=1S/C19H26O4/c1-19(2,3)18-21-15(13-9-5-4-6-10-13)17(23-18)22-16(20)14-11-7-8-12-14/h4-6,9-10,14-15,17-18H,7-8,11-12H2,1-3H3/t15-,17-,18-/m0/s1. The third kappa shape index (κ3) is 3.75. The fourth-order valence-corrected chi connectivity index (χ4v) is 3.17. The predicted molar refractivity (Wildman–Crippen MR) is 86.4 cm³/mol. The van der Waals surface area contributed by atoms with Gasteiger partial charge in [-0.05, 0) is 18.4 Å². The highest BCUT2D eigenvalue weighted by Gasteiger charge is 2.45. The average Bonchev–Trinajstić information content (AvgIpc) is 3.17. The zero-order valence-corrected chi connectivity index (χ0v) is 14.2. The van der Waals surface area contributed by atoms with E-state index in [1.165, 1.54) is 0 Å². The summed E-state index contributed by atoms with van der Waals surface area (Å²) in [7, 11) is 0. The van der Waals surface area contributed by atoms with Crippen LogP contribution in [-0.2, 0) is 19.0 Å². The van der Waals surface area contributed by atoms with E-state index in [2.05, 4.69) is 20.8 Å². The van der Waals surface area contributed by atoms with E-state index >= 15 is 0 Å². The Bertz CT molecular complexity index is 528. The first-order chi connectivity index (χ1) is 10.9. The van der Waals surface area contributed by atoms with Gasteiger partial charge in [0, 0.05) is 5.41 Å². The third-order valence-corrected chi connectivity index (χ3v) is 4.53. The molecule has 0 aromatic heterocycles. The molecule has 0 spiro atoms. The fraction of sp³-hybridized carbons (Fsp3) is 0.632. The van der Waals surface area contributed by atoms with E-state index < -0.39 is 12.6 Å². The second kappa shape index (κ2) is 6.62. The van der Waals surface area contributed by atoms with E-state index in [1.807, 2.05) is 30.3 Å². The molecule has 1 aliphatic carbocycles. The molecule has 0 radical (unpaired) electrons. The van der Waals surface area contributed by atoms with Gasteiger partial charge in [0.1, 0.15) is 6.10 Å². The van der Waals surface area contributed by atoms with Crippen molar-refractivity contribution in [1.29, 1.82) is 0 Å². The largest absolute Gasteiger partial charge is 0.432 e. The van der Waals surface area contributed by atoms with Crippen LogP contribution in [0.15, 0.2) is 30.3 Å². The van der Waals surface area contributed by atoms with E-state index in [9.17, 15) is 4.79 Å². The molecule has 0 N–H and O–H groups in total. The SMILES string of the molecule is CC(C)(C)[C@@H]1O[C@H](OC(=O)C2CCCC2)[C@H](c2ccccc2)O1. The van der Waals surface area contributed by atoms with Crippen LogP contribution >= 0.6 is 0 Å². The highest BCUT2D eigenvalue weighted by Crippen LogP contribution is 2.40. The topological polar surface area (TPSA) is 44.8 Å². The van der Waals surface area contributed by atoms with Crippen LogP contribution in [0.5, 0.6) is 0 Å². The number of ether oxygens (including phenoxy) is 3. The van der Waals surface area contributed by atoms with Gasteiger partial charge in [0.05, 0.1) is 5.92 Å². The van der Waals surface area contributed by atoms with Gasteiger partial charge in [-0.3, -0.25) is 4.79 Å². The summed E-state index contributed by atoms with van der Waals surface area (Å²) >= 11 is 0. The Labute approximate surface area is 138 Å². The summed E-state index contributed by atoms with van der Waals surface area (Å²) in [4.78, 5) is 12.4. The van der Waals surface area contributed by atoms with Gasteiger partial charge in [-0.25, -0.2) is 0 Å². The van der Waals surface area contributed by atoms with Crippen LogP contribution in [-0.4, -0.2) is 18.5 Å². The Balaban J connectivity index is 1.75. The number of carbonyl (C=O) groups is 1. The molecule has 1 saturated carbocycles. The molecule has 2 aliphatic rings. The fourth-order valence-electron chi connectivity index (χ4n) is 3.17. The Morgan fingerprint density at radius 3 is 2.35 bits per heavy atom. The molecule has 0 unspecified atom stereocenters. The van der Waals surface area contributed by atoms with Gasteiger partial charge in [0.2, 0.25) is 6.29 Å². The molecule has 3 atom stereocenters. The molecule has 0 amide bonds. The monoisotopic (exact) mass is 318 g/mol. The number of benzene rings is 1. The second-order valence-electron chi connectivity index (χ2n) is 7.59. The number of esters is 1. The van der Waals surface area contributed by atoms with Crippen molar-refractivity contribution in [2.24, 2.45) is 11.3 Å². The van der Waals surface area contributed by atoms with E-state index in [-0.39, 0.29) is 23.4 Å². The van der Waals surface area contributed by atoms with Crippen molar-refractivity contribution in [1.82, 2.24) is 0 Å². The summed E-state index contributed by atoms with van der Waals surface area (Å²) in [5.41, 5.74) is 0.796. The quantitative estimate of drug-likeness (QED) is 0.783. The summed E-state index contributed by atoms with van der Waals surface area (Å²) in [6.45, 7) is 6.17. The van der Waals surface area contributed by atoms with Crippen LogP contribution in [0.2, 0.25) is 0 Å². The van der Waals surface area contributed by atoms with E-state index in [0.717, 1.165) is 31.2 Å². The van der Waals surface area contributed by atoms with Crippen molar-refractivity contribution >= 4 is 5.97 Å². The molecule has 0 bridgehead atoms. The van der Waals surface area contributed by atoms with Crippen molar-refractivity contribution in [3.8, 4) is 0 Å². The van der Waals surface area contributed by atoms with Gasteiger partial charge >= 0.3 is 5.97 Å². The second-order valence-corrected chi connectivity index (χ2v) is 7.59. The number of rotatable bonds is 3. The smallest absolute Gasteiger partial charge is 0.311 e. The van der Waals surface area contributed by atoms with E-state index in [1.54, 1.807) is 0 Å². The lowest BCUT2D eigenvalue weighted by molar-refractivity contribution is -0.193.